The Morgan fingerprint density at radius 2 is 1.78 bits per heavy atom. The largest absolute Gasteiger partial charge is 0.380 e. The van der Waals surface area contributed by atoms with Crippen molar-refractivity contribution in [3.05, 3.63) is 82.6 Å². The predicted octanol–water partition coefficient (Wildman–Crippen LogP) is 5.60. The molecular formula is C29H33ClN6O. The molecule has 0 unspecified atom stereocenters. The minimum Gasteiger partial charge on any atom is -0.380 e. The van der Waals surface area contributed by atoms with E-state index in [0.717, 1.165) is 54.1 Å². The van der Waals surface area contributed by atoms with Gasteiger partial charge in [0.15, 0.2) is 5.65 Å². The molecule has 2 N–H and O–H groups in total. The first kappa shape index (κ1) is 25.2. The van der Waals surface area contributed by atoms with Crippen LogP contribution in [0, 0.1) is 6.92 Å². The van der Waals surface area contributed by atoms with Crippen LogP contribution in [0.5, 0.6) is 0 Å². The van der Waals surface area contributed by atoms with E-state index >= 15 is 0 Å². The number of halogens is 1. The van der Waals surface area contributed by atoms with E-state index in [0.29, 0.717) is 29.3 Å². The van der Waals surface area contributed by atoms with Crippen molar-refractivity contribution in [2.24, 2.45) is 0 Å². The molecule has 192 valence electrons. The molecule has 1 fully saturated rings. The van der Waals surface area contributed by atoms with Crippen molar-refractivity contribution in [3.8, 4) is 5.69 Å². The van der Waals surface area contributed by atoms with Crippen molar-refractivity contribution in [3.63, 3.8) is 0 Å². The van der Waals surface area contributed by atoms with E-state index in [2.05, 4.69) is 15.5 Å². The maximum absolute atomic E-state index is 13.4. The molecule has 0 atom stereocenters. The second kappa shape index (κ2) is 11.8. The number of piperidine rings is 1. The third kappa shape index (κ3) is 5.95. The number of carbonyl (C=O) groups excluding carboxylic acids is 1. The third-order valence-electron chi connectivity index (χ3n) is 6.88. The highest BCUT2D eigenvalue weighted by Crippen LogP contribution is 2.31. The van der Waals surface area contributed by atoms with Gasteiger partial charge >= 0.3 is 0 Å². The molecule has 7 nitrogen and oxygen atoms in total. The zero-order valence-electron chi connectivity index (χ0n) is 21.2. The van der Waals surface area contributed by atoms with Gasteiger partial charge in [-0.2, -0.15) is 5.10 Å². The van der Waals surface area contributed by atoms with Gasteiger partial charge in [0, 0.05) is 24.3 Å². The van der Waals surface area contributed by atoms with Crippen molar-refractivity contribution in [2.45, 2.75) is 39.2 Å². The van der Waals surface area contributed by atoms with Crippen molar-refractivity contribution in [2.75, 3.05) is 31.5 Å². The number of fused-ring (bicyclic) bond motifs is 1. The van der Waals surface area contributed by atoms with Crippen LogP contribution in [0.3, 0.4) is 0 Å². The lowest BCUT2D eigenvalue weighted by Crippen LogP contribution is -2.33. The van der Waals surface area contributed by atoms with Crippen LogP contribution in [0.25, 0.3) is 16.7 Å². The summed E-state index contributed by atoms with van der Waals surface area (Å²) in [6.45, 7) is 6.48. The molecule has 1 aliphatic heterocycles. The van der Waals surface area contributed by atoms with E-state index in [1.54, 1.807) is 6.20 Å². The number of aryl methyl sites for hydroxylation is 1. The molecule has 37 heavy (non-hydrogen) atoms. The van der Waals surface area contributed by atoms with Crippen LogP contribution >= 0.6 is 11.6 Å². The number of carbonyl (C=O) groups is 1. The molecule has 4 aromatic rings. The Labute approximate surface area is 222 Å². The lowest BCUT2D eigenvalue weighted by atomic mass is 10.1. The van der Waals surface area contributed by atoms with Crippen molar-refractivity contribution in [1.29, 1.82) is 0 Å². The molecule has 8 heteroatoms. The van der Waals surface area contributed by atoms with Crippen LogP contribution in [0.4, 0.5) is 5.69 Å². The summed E-state index contributed by atoms with van der Waals surface area (Å²) in [4.78, 5) is 20.5. The van der Waals surface area contributed by atoms with Crippen LogP contribution in [-0.4, -0.2) is 51.8 Å². The second-order valence-electron chi connectivity index (χ2n) is 9.57. The lowest BCUT2D eigenvalue weighted by molar-refractivity contribution is 0.0951. The molecule has 2 aromatic carbocycles. The molecular weight excluding hydrogens is 484 g/mol. The SMILES string of the molecule is Cc1nn(-c2ccccc2)c2ncc(C(=O)NCCCN3CCCCC3)c(NCc3ccc(Cl)cc3)c12. The van der Waals surface area contributed by atoms with E-state index < -0.39 is 0 Å². The number of nitrogens with zero attached hydrogens (tertiary/aromatic N) is 4. The monoisotopic (exact) mass is 516 g/mol. The van der Waals surface area contributed by atoms with E-state index in [-0.39, 0.29) is 5.91 Å². The molecule has 5 rings (SSSR count). The van der Waals surface area contributed by atoms with Gasteiger partial charge in [-0.05, 0) is 75.6 Å². The summed E-state index contributed by atoms with van der Waals surface area (Å²) in [5, 5.41) is 12.9. The van der Waals surface area contributed by atoms with Gasteiger partial charge in [0.25, 0.3) is 5.91 Å². The van der Waals surface area contributed by atoms with Gasteiger partial charge in [0.1, 0.15) is 0 Å². The normalized spacial score (nSPS) is 14.1. The first-order valence-corrected chi connectivity index (χ1v) is 13.4. The molecule has 1 amide bonds. The number of hydrogen-bond donors (Lipinski definition) is 2. The number of nitrogens with one attached hydrogen (secondary N) is 2. The van der Waals surface area contributed by atoms with Crippen LogP contribution in [0.1, 0.15) is 47.3 Å². The summed E-state index contributed by atoms with van der Waals surface area (Å²) in [5.74, 6) is -0.126. The predicted molar refractivity (Wildman–Crippen MR) is 150 cm³/mol. The molecule has 0 saturated carbocycles. The van der Waals surface area contributed by atoms with Crippen LogP contribution in [0.2, 0.25) is 5.02 Å². The average molecular weight is 517 g/mol. The quantitative estimate of drug-likeness (QED) is 0.283. The number of likely N-dealkylation sites (tertiary alicyclic amines) is 1. The fourth-order valence-corrected chi connectivity index (χ4v) is 5.06. The number of rotatable bonds is 9. The molecule has 1 saturated heterocycles. The summed E-state index contributed by atoms with van der Waals surface area (Å²) in [7, 11) is 0. The smallest absolute Gasteiger partial charge is 0.254 e. The Morgan fingerprint density at radius 3 is 2.54 bits per heavy atom. The zero-order chi connectivity index (χ0) is 25.6. The molecule has 1 aliphatic rings. The molecule has 3 heterocycles. The van der Waals surface area contributed by atoms with Crippen molar-refractivity contribution >= 4 is 34.2 Å². The first-order valence-electron chi connectivity index (χ1n) is 13.0. The number of hydrogen-bond acceptors (Lipinski definition) is 5. The summed E-state index contributed by atoms with van der Waals surface area (Å²) in [6.07, 6.45) is 6.47. The van der Waals surface area contributed by atoms with Gasteiger partial charge in [-0.25, -0.2) is 9.67 Å². The van der Waals surface area contributed by atoms with Crippen LogP contribution in [-0.2, 0) is 6.54 Å². The van der Waals surface area contributed by atoms with Gasteiger partial charge < -0.3 is 15.5 Å². The lowest BCUT2D eigenvalue weighted by Gasteiger charge is -2.26. The third-order valence-corrected chi connectivity index (χ3v) is 7.14. The number of anilines is 1. The first-order chi connectivity index (χ1) is 18.1. The van der Waals surface area contributed by atoms with E-state index in [4.69, 9.17) is 21.7 Å². The molecule has 0 spiro atoms. The fraction of sp³-hybridized carbons (Fsp3) is 0.345. The second-order valence-corrected chi connectivity index (χ2v) is 10.0. The summed E-state index contributed by atoms with van der Waals surface area (Å²) < 4.78 is 1.83. The topological polar surface area (TPSA) is 75.1 Å². The minimum absolute atomic E-state index is 0.126. The van der Waals surface area contributed by atoms with Crippen molar-refractivity contribution in [1.82, 2.24) is 25.0 Å². The Bertz CT molecular complexity index is 1350. The summed E-state index contributed by atoms with van der Waals surface area (Å²) in [5.41, 5.74) is 4.78. The maximum Gasteiger partial charge on any atom is 0.254 e. The highest BCUT2D eigenvalue weighted by molar-refractivity contribution is 6.30. The number of aromatic nitrogens is 3. The van der Waals surface area contributed by atoms with Gasteiger partial charge in [-0.3, -0.25) is 4.79 Å². The molecule has 0 radical (unpaired) electrons. The Morgan fingerprint density at radius 1 is 1.03 bits per heavy atom. The number of pyridine rings is 1. The van der Waals surface area contributed by atoms with Crippen LogP contribution < -0.4 is 10.6 Å². The number of para-hydroxylation sites is 1. The molecule has 0 aliphatic carbocycles. The molecule has 0 bridgehead atoms. The van der Waals surface area contributed by atoms with E-state index in [1.165, 1.54) is 19.3 Å². The maximum atomic E-state index is 13.4. The fourth-order valence-electron chi connectivity index (χ4n) is 4.93. The van der Waals surface area contributed by atoms with Crippen LogP contribution in [0.15, 0.2) is 60.8 Å². The minimum atomic E-state index is -0.126. The van der Waals surface area contributed by atoms with Crippen molar-refractivity contribution < 1.29 is 4.79 Å². The molecule has 2 aromatic heterocycles. The highest BCUT2D eigenvalue weighted by atomic mass is 35.5. The van der Waals surface area contributed by atoms with E-state index in [1.807, 2.05) is 66.2 Å². The number of benzene rings is 2. The number of amides is 1. The van der Waals surface area contributed by atoms with Gasteiger partial charge in [-0.1, -0.05) is 48.4 Å². The zero-order valence-corrected chi connectivity index (χ0v) is 22.0. The summed E-state index contributed by atoms with van der Waals surface area (Å²) in [6, 6.07) is 17.6. The Balaban J connectivity index is 1.41. The highest BCUT2D eigenvalue weighted by Gasteiger charge is 2.21. The summed E-state index contributed by atoms with van der Waals surface area (Å²) >= 11 is 6.07. The van der Waals surface area contributed by atoms with Gasteiger partial charge in [0.05, 0.1) is 28.0 Å². The van der Waals surface area contributed by atoms with Gasteiger partial charge in [0.2, 0.25) is 0 Å². The van der Waals surface area contributed by atoms with E-state index in [9.17, 15) is 4.79 Å². The average Bonchev–Trinajstić information content (AvgIpc) is 3.28. The Kier molecular flexibility index (Phi) is 8.02. The van der Waals surface area contributed by atoms with Gasteiger partial charge in [-0.15, -0.1) is 0 Å². The Hall–Kier alpha value is -3.42. The standard InChI is InChI=1S/C29H33ClN6O/c1-21-26-27(32-19-22-11-13-23(30)14-12-22)25(29(37)31-15-8-18-35-16-6-3-7-17-35)20-33-28(26)36(34-21)24-9-4-2-5-10-24/h2,4-5,9-14,20H,3,6-8,15-19H2,1H3,(H,31,37)(H,32,33).